The number of hydrogen-bond acceptors (Lipinski definition) is 1. The molecule has 1 N–H and O–H groups in total. The Balaban J connectivity index is 1.90. The van der Waals surface area contributed by atoms with Crippen molar-refractivity contribution >= 4 is 6.34 Å². The number of aliphatic imine (C=N–C) groups is 1. The summed E-state index contributed by atoms with van der Waals surface area (Å²) in [5.41, 5.74) is 3.83. The first-order valence-electron chi connectivity index (χ1n) is 6.43. The van der Waals surface area contributed by atoms with Gasteiger partial charge >= 0.3 is 0 Å². The Morgan fingerprint density at radius 2 is 2.11 bits per heavy atom. The molecule has 2 heteroatoms. The molecule has 0 saturated heterocycles. The third-order valence-electron chi connectivity index (χ3n) is 3.20. The van der Waals surface area contributed by atoms with E-state index in [0.717, 1.165) is 13.0 Å². The molecule has 1 aromatic carbocycles. The maximum atomic E-state index is 4.41. The van der Waals surface area contributed by atoms with E-state index >= 15 is 0 Å². The fourth-order valence-corrected chi connectivity index (χ4v) is 2.15. The van der Waals surface area contributed by atoms with E-state index in [9.17, 15) is 0 Å². The number of nitrogens with one attached hydrogen (secondary N) is 1. The SMILES string of the molecule is CC1=C(NC=NCc2ccccc2)C(C)CC=C1. The predicted molar refractivity (Wildman–Crippen MR) is 77.4 cm³/mol. The summed E-state index contributed by atoms with van der Waals surface area (Å²) in [5.74, 6) is 0.554. The van der Waals surface area contributed by atoms with Gasteiger partial charge in [-0.25, -0.2) is 0 Å². The highest BCUT2D eigenvalue weighted by atomic mass is 15.0. The van der Waals surface area contributed by atoms with E-state index in [1.165, 1.54) is 16.8 Å². The van der Waals surface area contributed by atoms with Crippen LogP contribution in [0.25, 0.3) is 0 Å². The minimum Gasteiger partial charge on any atom is -0.350 e. The van der Waals surface area contributed by atoms with Gasteiger partial charge in [-0.3, -0.25) is 4.99 Å². The second-order valence-corrected chi connectivity index (χ2v) is 4.74. The molecule has 0 saturated carbocycles. The second-order valence-electron chi connectivity index (χ2n) is 4.74. The zero-order valence-electron chi connectivity index (χ0n) is 11.1. The van der Waals surface area contributed by atoms with Crippen LogP contribution in [0.4, 0.5) is 0 Å². The van der Waals surface area contributed by atoms with Gasteiger partial charge in [-0.15, -0.1) is 0 Å². The Bertz CT molecular complexity index is 469. The minimum atomic E-state index is 0.554. The van der Waals surface area contributed by atoms with Crippen LogP contribution in [0.3, 0.4) is 0 Å². The molecule has 1 aromatic rings. The molecule has 2 nitrogen and oxygen atoms in total. The van der Waals surface area contributed by atoms with Crippen LogP contribution in [0.2, 0.25) is 0 Å². The molecule has 0 amide bonds. The number of hydrogen-bond donors (Lipinski definition) is 1. The number of benzene rings is 1. The van der Waals surface area contributed by atoms with Gasteiger partial charge in [0.15, 0.2) is 0 Å². The molecule has 94 valence electrons. The van der Waals surface area contributed by atoms with Gasteiger partial charge in [0.2, 0.25) is 0 Å². The molecule has 1 atom stereocenters. The minimum absolute atomic E-state index is 0.554. The van der Waals surface area contributed by atoms with Gasteiger partial charge in [0.1, 0.15) is 0 Å². The fourth-order valence-electron chi connectivity index (χ4n) is 2.15. The Morgan fingerprint density at radius 1 is 1.33 bits per heavy atom. The van der Waals surface area contributed by atoms with Crippen LogP contribution in [0.15, 0.2) is 58.7 Å². The van der Waals surface area contributed by atoms with E-state index in [4.69, 9.17) is 0 Å². The lowest BCUT2D eigenvalue weighted by atomic mass is 9.94. The molecule has 0 aliphatic heterocycles. The van der Waals surface area contributed by atoms with Crippen molar-refractivity contribution in [2.24, 2.45) is 10.9 Å². The standard InChI is InChI=1S/C16H20N2/c1-13-7-6-8-14(2)16(13)18-12-17-11-15-9-4-3-5-10-15/h3-7,9-10,12,14H,8,11H2,1-2H3,(H,17,18). The monoisotopic (exact) mass is 240 g/mol. The van der Waals surface area contributed by atoms with Crippen LogP contribution in [0, 0.1) is 5.92 Å². The number of rotatable bonds is 4. The quantitative estimate of drug-likeness (QED) is 0.630. The third-order valence-corrected chi connectivity index (χ3v) is 3.20. The summed E-state index contributed by atoms with van der Waals surface area (Å²) in [6.45, 7) is 5.10. The van der Waals surface area contributed by atoms with Gasteiger partial charge in [0.05, 0.1) is 12.9 Å². The predicted octanol–water partition coefficient (Wildman–Crippen LogP) is 3.67. The first-order chi connectivity index (χ1) is 8.77. The molecule has 1 unspecified atom stereocenters. The maximum absolute atomic E-state index is 4.41. The molecule has 0 fully saturated rings. The summed E-state index contributed by atoms with van der Waals surface area (Å²) in [7, 11) is 0. The van der Waals surface area contributed by atoms with Gasteiger partial charge in [-0.2, -0.15) is 0 Å². The van der Waals surface area contributed by atoms with Crippen molar-refractivity contribution in [1.82, 2.24) is 5.32 Å². The Hall–Kier alpha value is -1.83. The zero-order chi connectivity index (χ0) is 12.8. The van der Waals surface area contributed by atoms with E-state index in [2.05, 4.69) is 48.4 Å². The van der Waals surface area contributed by atoms with Gasteiger partial charge < -0.3 is 5.32 Å². The zero-order valence-corrected chi connectivity index (χ0v) is 11.1. The van der Waals surface area contributed by atoms with Crippen molar-refractivity contribution < 1.29 is 0 Å². The molecule has 2 rings (SSSR count). The van der Waals surface area contributed by atoms with Crippen LogP contribution in [-0.2, 0) is 6.54 Å². The molecule has 0 radical (unpaired) electrons. The van der Waals surface area contributed by atoms with E-state index < -0.39 is 0 Å². The van der Waals surface area contributed by atoms with Crippen molar-refractivity contribution in [3.63, 3.8) is 0 Å². The normalized spacial score (nSPS) is 19.6. The molecular weight excluding hydrogens is 220 g/mol. The van der Waals surface area contributed by atoms with Crippen LogP contribution in [0.5, 0.6) is 0 Å². The molecule has 1 aliphatic rings. The largest absolute Gasteiger partial charge is 0.350 e. The summed E-state index contributed by atoms with van der Waals surface area (Å²) in [6.07, 6.45) is 7.33. The molecular formula is C16H20N2. The van der Waals surface area contributed by atoms with Gasteiger partial charge in [0, 0.05) is 5.70 Å². The Labute approximate surface area is 109 Å². The molecule has 0 bridgehead atoms. The molecule has 18 heavy (non-hydrogen) atoms. The first-order valence-corrected chi connectivity index (χ1v) is 6.43. The third kappa shape index (κ3) is 3.33. The highest BCUT2D eigenvalue weighted by Gasteiger charge is 2.11. The van der Waals surface area contributed by atoms with Crippen LogP contribution < -0.4 is 5.32 Å². The molecule has 1 aliphatic carbocycles. The molecule has 0 heterocycles. The van der Waals surface area contributed by atoms with Crippen molar-refractivity contribution in [3.8, 4) is 0 Å². The van der Waals surface area contributed by atoms with E-state index in [1.807, 2.05) is 24.5 Å². The Kier molecular flexibility index (Phi) is 4.35. The lowest BCUT2D eigenvalue weighted by Gasteiger charge is -2.19. The van der Waals surface area contributed by atoms with Gasteiger partial charge in [0.25, 0.3) is 0 Å². The summed E-state index contributed by atoms with van der Waals surface area (Å²) in [4.78, 5) is 4.41. The van der Waals surface area contributed by atoms with Crippen LogP contribution >= 0.6 is 0 Å². The van der Waals surface area contributed by atoms with Crippen molar-refractivity contribution in [2.45, 2.75) is 26.8 Å². The Morgan fingerprint density at radius 3 is 2.83 bits per heavy atom. The van der Waals surface area contributed by atoms with Crippen molar-refractivity contribution in [3.05, 3.63) is 59.3 Å². The number of nitrogens with zero attached hydrogens (tertiary/aromatic N) is 1. The lowest BCUT2D eigenvalue weighted by Crippen LogP contribution is -2.20. The van der Waals surface area contributed by atoms with Gasteiger partial charge in [-0.1, -0.05) is 49.4 Å². The van der Waals surface area contributed by atoms with Crippen LogP contribution in [0.1, 0.15) is 25.8 Å². The summed E-state index contributed by atoms with van der Waals surface area (Å²) in [6, 6.07) is 10.3. The smallest absolute Gasteiger partial charge is 0.0869 e. The highest BCUT2D eigenvalue weighted by Crippen LogP contribution is 2.21. The topological polar surface area (TPSA) is 24.4 Å². The summed E-state index contributed by atoms with van der Waals surface area (Å²) < 4.78 is 0. The maximum Gasteiger partial charge on any atom is 0.0869 e. The lowest BCUT2D eigenvalue weighted by molar-refractivity contribution is 0.647. The van der Waals surface area contributed by atoms with Gasteiger partial charge in [-0.05, 0) is 30.4 Å². The number of allylic oxidation sites excluding steroid dienone is 4. The molecule has 0 aromatic heterocycles. The average Bonchev–Trinajstić information content (AvgIpc) is 2.38. The average molecular weight is 240 g/mol. The summed E-state index contributed by atoms with van der Waals surface area (Å²) in [5, 5.41) is 3.33. The van der Waals surface area contributed by atoms with Crippen molar-refractivity contribution in [1.29, 1.82) is 0 Å². The van der Waals surface area contributed by atoms with E-state index in [1.54, 1.807) is 0 Å². The second kappa shape index (κ2) is 6.20. The fraction of sp³-hybridized carbons (Fsp3) is 0.312. The highest BCUT2D eigenvalue weighted by molar-refractivity contribution is 5.58. The summed E-state index contributed by atoms with van der Waals surface area (Å²) >= 11 is 0. The van der Waals surface area contributed by atoms with E-state index in [0.29, 0.717) is 5.92 Å². The van der Waals surface area contributed by atoms with Crippen molar-refractivity contribution in [2.75, 3.05) is 0 Å². The van der Waals surface area contributed by atoms with E-state index in [-0.39, 0.29) is 0 Å². The molecule has 0 spiro atoms. The first kappa shape index (κ1) is 12.6. The van der Waals surface area contributed by atoms with Crippen LogP contribution in [-0.4, -0.2) is 6.34 Å².